The van der Waals surface area contributed by atoms with Gasteiger partial charge < -0.3 is 9.84 Å². The van der Waals surface area contributed by atoms with Crippen molar-refractivity contribution in [2.45, 2.75) is 51.7 Å². The molecule has 27 heavy (non-hydrogen) atoms. The first-order valence-corrected chi connectivity index (χ1v) is 10.7. The Morgan fingerprint density at radius 2 is 2.07 bits per heavy atom. The van der Waals surface area contributed by atoms with Crippen molar-refractivity contribution in [1.29, 1.82) is 0 Å². The van der Waals surface area contributed by atoms with E-state index in [1.807, 2.05) is 18.3 Å². The summed E-state index contributed by atoms with van der Waals surface area (Å²) < 4.78 is 6.36. The lowest BCUT2D eigenvalue weighted by atomic mass is 10.1. The van der Waals surface area contributed by atoms with Crippen LogP contribution < -0.4 is 0 Å². The molecule has 0 bridgehead atoms. The highest BCUT2D eigenvalue weighted by atomic mass is 35.5. The van der Waals surface area contributed by atoms with Gasteiger partial charge in [-0.05, 0) is 55.9 Å². The van der Waals surface area contributed by atoms with Crippen LogP contribution in [0.4, 0.5) is 0 Å². The van der Waals surface area contributed by atoms with Crippen molar-refractivity contribution in [2.75, 3.05) is 6.61 Å². The quantitative estimate of drug-likeness (QED) is 0.339. The number of ether oxygens (including phenoxy) is 1. The summed E-state index contributed by atoms with van der Waals surface area (Å²) in [4.78, 5) is 10.0. The number of rotatable bonds is 10. The number of unbranched alkanes of at least 4 members (excludes halogenated alkanes) is 2. The highest BCUT2D eigenvalue weighted by Gasteiger charge is 2.09. The normalized spacial score (nSPS) is 12.6. The topological polar surface area (TPSA) is 55.2 Å². The second-order valence-electron chi connectivity index (χ2n) is 6.59. The predicted octanol–water partition coefficient (Wildman–Crippen LogP) is 5.86. The van der Waals surface area contributed by atoms with E-state index in [0.717, 1.165) is 57.9 Å². The van der Waals surface area contributed by atoms with E-state index in [4.69, 9.17) is 16.3 Å². The van der Waals surface area contributed by atoms with E-state index < -0.39 is 6.29 Å². The summed E-state index contributed by atoms with van der Waals surface area (Å²) in [5.41, 5.74) is 3.06. The van der Waals surface area contributed by atoms with Gasteiger partial charge in [0.15, 0.2) is 6.29 Å². The van der Waals surface area contributed by atoms with Crippen LogP contribution >= 0.6 is 22.9 Å². The molecule has 3 heterocycles. The molecule has 3 aromatic heterocycles. The molecule has 0 aromatic carbocycles. The van der Waals surface area contributed by atoms with Crippen molar-refractivity contribution in [2.24, 2.45) is 0 Å². The number of fused-ring (bicyclic) bond motifs is 1. The summed E-state index contributed by atoms with van der Waals surface area (Å²) in [5, 5.41) is 10.5. The molecular formula is C21H25ClN2O2S. The van der Waals surface area contributed by atoms with Crippen molar-refractivity contribution < 1.29 is 9.84 Å². The molecule has 0 radical (unpaired) electrons. The summed E-state index contributed by atoms with van der Waals surface area (Å²) in [6.45, 7) is 2.75. The van der Waals surface area contributed by atoms with Gasteiger partial charge in [-0.3, -0.25) is 9.97 Å². The van der Waals surface area contributed by atoms with Crippen LogP contribution in [0.1, 0.15) is 44.6 Å². The minimum Gasteiger partial charge on any atom is -0.368 e. The molecule has 0 aliphatic rings. The molecule has 1 unspecified atom stereocenters. The zero-order valence-corrected chi connectivity index (χ0v) is 17.1. The fraction of sp³-hybridized carbons (Fsp3) is 0.429. The van der Waals surface area contributed by atoms with E-state index in [2.05, 4.69) is 29.0 Å². The maximum atomic E-state index is 9.77. The van der Waals surface area contributed by atoms with Crippen molar-refractivity contribution in [3.8, 4) is 10.6 Å². The number of aryl methyl sites for hydroxylation is 1. The Hall–Kier alpha value is -1.53. The van der Waals surface area contributed by atoms with E-state index in [1.165, 1.54) is 5.56 Å². The number of aliphatic hydroxyl groups is 1. The van der Waals surface area contributed by atoms with Gasteiger partial charge in [0.25, 0.3) is 0 Å². The van der Waals surface area contributed by atoms with E-state index in [0.29, 0.717) is 13.0 Å². The first kappa shape index (κ1) is 20.2. The molecule has 0 spiro atoms. The van der Waals surface area contributed by atoms with E-state index in [-0.39, 0.29) is 0 Å². The van der Waals surface area contributed by atoms with Crippen LogP contribution in [-0.4, -0.2) is 28.0 Å². The Balaban J connectivity index is 1.49. The third kappa shape index (κ3) is 5.72. The van der Waals surface area contributed by atoms with Gasteiger partial charge in [-0.1, -0.05) is 31.0 Å². The van der Waals surface area contributed by atoms with Crippen molar-refractivity contribution >= 4 is 33.2 Å². The monoisotopic (exact) mass is 404 g/mol. The molecule has 0 amide bonds. The van der Waals surface area contributed by atoms with Crippen LogP contribution in [0.2, 0.25) is 5.02 Å². The summed E-state index contributed by atoms with van der Waals surface area (Å²) >= 11 is 7.85. The van der Waals surface area contributed by atoms with Gasteiger partial charge in [-0.2, -0.15) is 0 Å². The SMILES string of the molecule is CCCCOC(O)CCCCc1ccc(-c2cc3nccc(Cl)c3s2)nc1. The second kappa shape index (κ2) is 10.1. The van der Waals surface area contributed by atoms with Gasteiger partial charge >= 0.3 is 0 Å². The van der Waals surface area contributed by atoms with Crippen LogP contribution in [0.25, 0.3) is 20.8 Å². The molecule has 0 aliphatic heterocycles. The molecule has 0 saturated carbocycles. The number of hydrogen-bond donors (Lipinski definition) is 1. The molecule has 0 saturated heterocycles. The molecule has 4 nitrogen and oxygen atoms in total. The maximum absolute atomic E-state index is 9.77. The minimum atomic E-state index is -0.634. The third-order valence-electron chi connectivity index (χ3n) is 4.42. The molecule has 6 heteroatoms. The number of halogens is 1. The number of thiophene rings is 1. The molecular weight excluding hydrogens is 380 g/mol. The first-order valence-electron chi connectivity index (χ1n) is 9.46. The summed E-state index contributed by atoms with van der Waals surface area (Å²) in [5.74, 6) is 0. The summed E-state index contributed by atoms with van der Waals surface area (Å²) in [6, 6.07) is 8.02. The molecule has 3 rings (SSSR count). The zero-order chi connectivity index (χ0) is 19.1. The molecule has 0 fully saturated rings. The zero-order valence-electron chi connectivity index (χ0n) is 15.5. The fourth-order valence-electron chi connectivity index (χ4n) is 2.85. The first-order chi connectivity index (χ1) is 13.2. The number of hydrogen-bond acceptors (Lipinski definition) is 5. The van der Waals surface area contributed by atoms with Crippen LogP contribution in [0, 0.1) is 0 Å². The Morgan fingerprint density at radius 3 is 2.81 bits per heavy atom. The van der Waals surface area contributed by atoms with Crippen LogP contribution in [0.15, 0.2) is 36.7 Å². The molecule has 1 N–H and O–H groups in total. The number of pyridine rings is 2. The Labute approximate surface area is 169 Å². The average Bonchev–Trinajstić information content (AvgIpc) is 3.12. The minimum absolute atomic E-state index is 0.634. The largest absolute Gasteiger partial charge is 0.368 e. The maximum Gasteiger partial charge on any atom is 0.154 e. The highest BCUT2D eigenvalue weighted by Crippen LogP contribution is 2.35. The van der Waals surface area contributed by atoms with Crippen molar-refractivity contribution in [3.63, 3.8) is 0 Å². The molecule has 144 valence electrons. The lowest BCUT2D eigenvalue weighted by molar-refractivity contribution is -0.104. The smallest absolute Gasteiger partial charge is 0.154 e. The third-order valence-corrected chi connectivity index (χ3v) is 6.02. The fourth-order valence-corrected chi connectivity index (χ4v) is 4.11. The molecule has 3 aromatic rings. The molecule has 1 atom stereocenters. The van der Waals surface area contributed by atoms with E-state index >= 15 is 0 Å². The summed E-state index contributed by atoms with van der Waals surface area (Å²) in [6.07, 6.45) is 8.70. The Kier molecular flexibility index (Phi) is 7.59. The van der Waals surface area contributed by atoms with Gasteiger partial charge in [-0.25, -0.2) is 0 Å². The molecule has 0 aliphatic carbocycles. The van der Waals surface area contributed by atoms with Gasteiger partial charge in [0.1, 0.15) is 0 Å². The lowest BCUT2D eigenvalue weighted by Gasteiger charge is -2.11. The second-order valence-corrected chi connectivity index (χ2v) is 8.05. The lowest BCUT2D eigenvalue weighted by Crippen LogP contribution is -2.12. The van der Waals surface area contributed by atoms with Crippen LogP contribution in [0.5, 0.6) is 0 Å². The number of nitrogens with zero attached hydrogens (tertiary/aromatic N) is 2. The van der Waals surface area contributed by atoms with Gasteiger partial charge in [0.05, 0.1) is 25.8 Å². The standard InChI is InChI=1S/C21H25ClN2O2S/c1-2-3-12-26-20(25)7-5-4-6-15-8-9-17(24-14-15)19-13-18-21(27-19)16(22)10-11-23-18/h8-11,13-14,20,25H,2-7,12H2,1H3. The highest BCUT2D eigenvalue weighted by molar-refractivity contribution is 7.22. The summed E-state index contributed by atoms with van der Waals surface area (Å²) in [7, 11) is 0. The van der Waals surface area contributed by atoms with Gasteiger partial charge in [-0.15, -0.1) is 11.3 Å². The van der Waals surface area contributed by atoms with E-state index in [9.17, 15) is 5.11 Å². The van der Waals surface area contributed by atoms with Crippen LogP contribution in [0.3, 0.4) is 0 Å². The Morgan fingerprint density at radius 1 is 1.19 bits per heavy atom. The average molecular weight is 405 g/mol. The number of aliphatic hydroxyl groups excluding tert-OH is 1. The van der Waals surface area contributed by atoms with Crippen LogP contribution in [-0.2, 0) is 11.2 Å². The van der Waals surface area contributed by atoms with Gasteiger partial charge in [0.2, 0.25) is 0 Å². The predicted molar refractivity (Wildman–Crippen MR) is 112 cm³/mol. The van der Waals surface area contributed by atoms with Crippen molar-refractivity contribution in [3.05, 3.63) is 47.2 Å². The Bertz CT molecular complexity index is 851. The van der Waals surface area contributed by atoms with Crippen molar-refractivity contribution in [1.82, 2.24) is 9.97 Å². The van der Waals surface area contributed by atoms with Gasteiger partial charge in [0, 0.05) is 19.0 Å². The number of aromatic nitrogens is 2. The van der Waals surface area contributed by atoms with E-state index in [1.54, 1.807) is 17.5 Å².